The lowest BCUT2D eigenvalue weighted by atomic mass is 9.89. The second-order valence-corrected chi connectivity index (χ2v) is 5.91. The molecule has 6 heteroatoms. The van der Waals surface area contributed by atoms with Gasteiger partial charge in [-0.2, -0.15) is 4.98 Å². The van der Waals surface area contributed by atoms with Crippen molar-refractivity contribution in [2.24, 2.45) is 0 Å². The van der Waals surface area contributed by atoms with Gasteiger partial charge >= 0.3 is 0 Å². The SMILES string of the molecule is COC1CC(Nc2nc(N)nc3sc(C)cc23)C1. The molecule has 0 unspecified atom stereocenters. The van der Waals surface area contributed by atoms with Gasteiger partial charge in [-0.15, -0.1) is 11.3 Å². The van der Waals surface area contributed by atoms with E-state index in [2.05, 4.69) is 28.3 Å². The van der Waals surface area contributed by atoms with Crippen LogP contribution in [-0.2, 0) is 4.74 Å². The van der Waals surface area contributed by atoms with E-state index in [0.717, 1.165) is 28.9 Å². The molecule has 1 saturated carbocycles. The molecule has 0 radical (unpaired) electrons. The number of nitrogens with zero attached hydrogens (tertiary/aromatic N) is 2. The van der Waals surface area contributed by atoms with Crippen LogP contribution in [-0.4, -0.2) is 29.2 Å². The topological polar surface area (TPSA) is 73.1 Å². The Balaban J connectivity index is 1.87. The van der Waals surface area contributed by atoms with Crippen LogP contribution in [0, 0.1) is 6.92 Å². The first-order chi connectivity index (χ1) is 8.65. The molecule has 1 aliphatic carbocycles. The molecule has 2 aromatic rings. The highest BCUT2D eigenvalue weighted by Gasteiger charge is 2.29. The van der Waals surface area contributed by atoms with E-state index in [1.807, 2.05) is 0 Å². The second-order valence-electron chi connectivity index (χ2n) is 4.68. The van der Waals surface area contributed by atoms with Gasteiger partial charge in [-0.25, -0.2) is 4.98 Å². The molecule has 0 aliphatic heterocycles. The predicted octanol–water partition coefficient (Wildman–Crippen LogP) is 2.17. The van der Waals surface area contributed by atoms with Crippen LogP contribution in [0.25, 0.3) is 10.2 Å². The van der Waals surface area contributed by atoms with Crippen molar-refractivity contribution in [1.82, 2.24) is 9.97 Å². The van der Waals surface area contributed by atoms with Crippen molar-refractivity contribution in [2.45, 2.75) is 31.9 Å². The number of hydrogen-bond donors (Lipinski definition) is 2. The van der Waals surface area contributed by atoms with Crippen molar-refractivity contribution >= 4 is 33.3 Å². The Morgan fingerprint density at radius 3 is 2.94 bits per heavy atom. The Morgan fingerprint density at radius 1 is 1.44 bits per heavy atom. The molecular weight excluding hydrogens is 248 g/mol. The minimum absolute atomic E-state index is 0.328. The maximum atomic E-state index is 5.74. The fourth-order valence-corrected chi connectivity index (χ4v) is 3.12. The van der Waals surface area contributed by atoms with E-state index in [1.54, 1.807) is 18.4 Å². The van der Waals surface area contributed by atoms with Crippen molar-refractivity contribution in [2.75, 3.05) is 18.2 Å². The highest BCUT2D eigenvalue weighted by atomic mass is 32.1. The lowest BCUT2D eigenvalue weighted by Gasteiger charge is -2.35. The number of nitrogen functional groups attached to an aromatic ring is 1. The van der Waals surface area contributed by atoms with Crippen LogP contribution in [0.2, 0.25) is 0 Å². The molecule has 96 valence electrons. The van der Waals surface area contributed by atoms with E-state index in [0.29, 0.717) is 18.1 Å². The van der Waals surface area contributed by atoms with Crippen molar-refractivity contribution < 1.29 is 4.74 Å². The van der Waals surface area contributed by atoms with Crippen molar-refractivity contribution in [3.05, 3.63) is 10.9 Å². The molecule has 0 atom stereocenters. The van der Waals surface area contributed by atoms with Crippen molar-refractivity contribution in [3.8, 4) is 0 Å². The molecule has 3 rings (SSSR count). The summed E-state index contributed by atoms with van der Waals surface area (Å²) in [6.07, 6.45) is 2.41. The summed E-state index contributed by atoms with van der Waals surface area (Å²) in [6.45, 7) is 2.07. The van der Waals surface area contributed by atoms with E-state index < -0.39 is 0 Å². The number of rotatable bonds is 3. The lowest BCUT2D eigenvalue weighted by Crippen LogP contribution is -2.40. The summed E-state index contributed by atoms with van der Waals surface area (Å²) < 4.78 is 5.27. The zero-order valence-corrected chi connectivity index (χ0v) is 11.3. The lowest BCUT2D eigenvalue weighted by molar-refractivity contribution is 0.0328. The summed E-state index contributed by atoms with van der Waals surface area (Å²) in [5.74, 6) is 1.18. The highest BCUT2D eigenvalue weighted by Crippen LogP contribution is 2.32. The summed E-state index contributed by atoms with van der Waals surface area (Å²) in [5, 5.41) is 4.50. The quantitative estimate of drug-likeness (QED) is 0.889. The average molecular weight is 264 g/mol. The van der Waals surface area contributed by atoms with Crippen LogP contribution in [0.4, 0.5) is 11.8 Å². The van der Waals surface area contributed by atoms with E-state index in [4.69, 9.17) is 10.5 Å². The van der Waals surface area contributed by atoms with Crippen LogP contribution < -0.4 is 11.1 Å². The van der Waals surface area contributed by atoms with Gasteiger partial charge in [0.1, 0.15) is 10.6 Å². The van der Waals surface area contributed by atoms with E-state index >= 15 is 0 Å². The number of methoxy groups -OCH3 is 1. The molecule has 1 aliphatic rings. The number of nitrogens with two attached hydrogens (primary N) is 1. The fraction of sp³-hybridized carbons (Fsp3) is 0.500. The fourth-order valence-electron chi connectivity index (χ4n) is 2.24. The van der Waals surface area contributed by atoms with Gasteiger partial charge in [0.15, 0.2) is 0 Å². The summed E-state index contributed by atoms with van der Waals surface area (Å²) >= 11 is 1.64. The van der Waals surface area contributed by atoms with E-state index in [1.165, 1.54) is 4.88 Å². The number of anilines is 2. The van der Waals surface area contributed by atoms with Gasteiger partial charge in [0.05, 0.1) is 11.5 Å². The normalized spacial score (nSPS) is 23.0. The molecule has 5 nitrogen and oxygen atoms in total. The van der Waals surface area contributed by atoms with Gasteiger partial charge in [-0.1, -0.05) is 0 Å². The first-order valence-electron chi connectivity index (χ1n) is 5.98. The third kappa shape index (κ3) is 2.02. The number of aryl methyl sites for hydroxylation is 1. The molecule has 2 aromatic heterocycles. The van der Waals surface area contributed by atoms with Gasteiger partial charge in [0, 0.05) is 18.0 Å². The third-order valence-electron chi connectivity index (χ3n) is 3.30. The smallest absolute Gasteiger partial charge is 0.223 e. The van der Waals surface area contributed by atoms with E-state index in [9.17, 15) is 0 Å². The van der Waals surface area contributed by atoms with Gasteiger partial charge in [0.2, 0.25) is 5.95 Å². The number of thiophene rings is 1. The summed E-state index contributed by atoms with van der Waals surface area (Å²) in [7, 11) is 1.75. The Bertz CT molecular complexity index is 577. The zero-order valence-electron chi connectivity index (χ0n) is 10.4. The molecule has 0 bridgehead atoms. The van der Waals surface area contributed by atoms with E-state index in [-0.39, 0.29) is 0 Å². The maximum absolute atomic E-state index is 5.74. The Kier molecular flexibility index (Phi) is 2.83. The molecule has 3 N–H and O–H groups in total. The summed E-state index contributed by atoms with van der Waals surface area (Å²) in [6, 6.07) is 2.53. The number of nitrogens with one attached hydrogen (secondary N) is 1. The molecule has 0 spiro atoms. The van der Waals surface area contributed by atoms with Gasteiger partial charge in [-0.3, -0.25) is 0 Å². The number of fused-ring (bicyclic) bond motifs is 1. The van der Waals surface area contributed by atoms with Gasteiger partial charge in [0.25, 0.3) is 0 Å². The monoisotopic (exact) mass is 264 g/mol. The van der Waals surface area contributed by atoms with Crippen LogP contribution >= 0.6 is 11.3 Å². The molecule has 0 saturated heterocycles. The van der Waals surface area contributed by atoms with Crippen molar-refractivity contribution in [1.29, 1.82) is 0 Å². The molecular formula is C12H16N4OS. The Labute approximate surface area is 109 Å². The van der Waals surface area contributed by atoms with Crippen LogP contribution in [0.15, 0.2) is 6.07 Å². The number of ether oxygens (including phenoxy) is 1. The predicted molar refractivity (Wildman–Crippen MR) is 74.0 cm³/mol. The van der Waals surface area contributed by atoms with Gasteiger partial charge in [-0.05, 0) is 25.8 Å². The third-order valence-corrected chi connectivity index (χ3v) is 4.25. The van der Waals surface area contributed by atoms with Crippen LogP contribution in [0.5, 0.6) is 0 Å². The zero-order chi connectivity index (χ0) is 12.7. The second kappa shape index (κ2) is 4.37. The number of aromatic nitrogens is 2. The number of hydrogen-bond acceptors (Lipinski definition) is 6. The standard InChI is InChI=1S/C12H16N4OS/c1-6-3-9-10(14-7-4-8(5-7)17-2)15-12(13)16-11(9)18-6/h3,7-8H,4-5H2,1-2H3,(H3,13,14,15,16). The minimum Gasteiger partial charge on any atom is -0.381 e. The summed E-state index contributed by atoms with van der Waals surface area (Å²) in [5.41, 5.74) is 5.74. The molecule has 0 amide bonds. The first-order valence-corrected chi connectivity index (χ1v) is 6.80. The molecule has 0 aromatic carbocycles. The molecule has 18 heavy (non-hydrogen) atoms. The molecule has 2 heterocycles. The largest absolute Gasteiger partial charge is 0.381 e. The van der Waals surface area contributed by atoms with Crippen molar-refractivity contribution in [3.63, 3.8) is 0 Å². The Morgan fingerprint density at radius 2 is 2.22 bits per heavy atom. The first kappa shape index (κ1) is 11.7. The minimum atomic E-state index is 0.328. The van der Waals surface area contributed by atoms with Gasteiger partial charge < -0.3 is 15.8 Å². The average Bonchev–Trinajstić information content (AvgIpc) is 2.62. The summed E-state index contributed by atoms with van der Waals surface area (Å²) in [4.78, 5) is 10.7. The molecule has 1 fully saturated rings. The van der Waals surface area contributed by atoms with Crippen LogP contribution in [0.1, 0.15) is 17.7 Å². The highest BCUT2D eigenvalue weighted by molar-refractivity contribution is 7.18. The maximum Gasteiger partial charge on any atom is 0.223 e. The van der Waals surface area contributed by atoms with Crippen LogP contribution in [0.3, 0.4) is 0 Å². The Hall–Kier alpha value is -1.40.